The Morgan fingerprint density at radius 2 is 2.11 bits per heavy atom. The molecule has 102 valence electrons. The fourth-order valence-electron chi connectivity index (χ4n) is 2.25. The van der Waals surface area contributed by atoms with Crippen LogP contribution in [0.4, 0.5) is 0 Å². The number of nitrogens with zero attached hydrogens (tertiary/aromatic N) is 3. The van der Waals surface area contributed by atoms with Crippen molar-refractivity contribution in [3.63, 3.8) is 0 Å². The van der Waals surface area contributed by atoms with Gasteiger partial charge in [0.05, 0.1) is 5.70 Å². The van der Waals surface area contributed by atoms with Crippen LogP contribution < -0.4 is 16.8 Å². The molecule has 0 aliphatic carbocycles. The highest BCUT2D eigenvalue weighted by Gasteiger charge is 2.24. The van der Waals surface area contributed by atoms with E-state index in [0.717, 1.165) is 45.6 Å². The van der Waals surface area contributed by atoms with Gasteiger partial charge in [-0.3, -0.25) is 5.73 Å². The quantitative estimate of drug-likeness (QED) is 0.604. The smallest absolute Gasteiger partial charge is 0.181 e. The Labute approximate surface area is 109 Å². The standard InChI is InChI=1S/C12H24N6/c1-17-5-7-18(8-6-17)4-2-3-12(14)15-9-11(13)10-16-12/h9-10,15H,2-8,13-14H2,1H3. The predicted octanol–water partition coefficient (Wildman–Crippen LogP) is -0.899. The van der Waals surface area contributed by atoms with E-state index in [1.807, 2.05) is 0 Å². The summed E-state index contributed by atoms with van der Waals surface area (Å²) in [6.07, 6.45) is 5.22. The Kier molecular flexibility index (Phi) is 4.21. The zero-order valence-electron chi connectivity index (χ0n) is 11.1. The summed E-state index contributed by atoms with van der Waals surface area (Å²) in [5.41, 5.74) is 12.3. The van der Waals surface area contributed by atoms with Gasteiger partial charge < -0.3 is 20.9 Å². The number of hydrogen-bond acceptors (Lipinski definition) is 6. The van der Waals surface area contributed by atoms with E-state index in [4.69, 9.17) is 11.5 Å². The summed E-state index contributed by atoms with van der Waals surface area (Å²) in [6, 6.07) is 0. The van der Waals surface area contributed by atoms with E-state index in [9.17, 15) is 0 Å². The normalized spacial score (nSPS) is 30.0. The first-order valence-electron chi connectivity index (χ1n) is 6.56. The maximum absolute atomic E-state index is 6.12. The van der Waals surface area contributed by atoms with Gasteiger partial charge in [0.2, 0.25) is 0 Å². The number of piperazine rings is 1. The lowest BCUT2D eigenvalue weighted by atomic mass is 10.1. The van der Waals surface area contributed by atoms with Gasteiger partial charge in [-0.25, -0.2) is 4.99 Å². The highest BCUT2D eigenvalue weighted by molar-refractivity contribution is 5.78. The van der Waals surface area contributed by atoms with Crippen molar-refractivity contribution in [1.82, 2.24) is 15.1 Å². The third-order valence-corrected chi connectivity index (χ3v) is 3.56. The SMILES string of the molecule is CN1CCN(CCCC2(N)N=CC(N)=CN2)CC1. The van der Waals surface area contributed by atoms with Crippen molar-refractivity contribution in [2.75, 3.05) is 39.8 Å². The third kappa shape index (κ3) is 3.69. The molecule has 0 amide bonds. The Bertz CT molecular complexity index is 331. The predicted molar refractivity (Wildman–Crippen MR) is 74.0 cm³/mol. The molecule has 0 aromatic heterocycles. The Hall–Kier alpha value is -1.11. The highest BCUT2D eigenvalue weighted by atomic mass is 15.3. The van der Waals surface area contributed by atoms with Crippen LogP contribution in [0.25, 0.3) is 0 Å². The van der Waals surface area contributed by atoms with E-state index in [0.29, 0.717) is 5.70 Å². The molecule has 6 nitrogen and oxygen atoms in total. The first kappa shape index (κ1) is 13.3. The number of aliphatic imine (C=N–C) groups is 1. The Morgan fingerprint density at radius 3 is 2.72 bits per heavy atom. The summed E-state index contributed by atoms with van der Waals surface area (Å²) < 4.78 is 0. The second kappa shape index (κ2) is 5.69. The van der Waals surface area contributed by atoms with Crippen LogP contribution in [0.3, 0.4) is 0 Å². The first-order valence-corrected chi connectivity index (χ1v) is 6.56. The van der Waals surface area contributed by atoms with Crippen LogP contribution in [-0.2, 0) is 0 Å². The number of allylic oxidation sites excluding steroid dienone is 1. The second-order valence-electron chi connectivity index (χ2n) is 5.22. The molecular formula is C12H24N6. The van der Waals surface area contributed by atoms with Crippen molar-refractivity contribution in [2.45, 2.75) is 18.6 Å². The number of hydrogen-bond donors (Lipinski definition) is 3. The van der Waals surface area contributed by atoms with Gasteiger partial charge in [0.25, 0.3) is 0 Å². The zero-order chi connectivity index (χ0) is 13.0. The average Bonchev–Trinajstić information content (AvgIpc) is 2.36. The van der Waals surface area contributed by atoms with Gasteiger partial charge in [-0.15, -0.1) is 0 Å². The zero-order valence-corrected chi connectivity index (χ0v) is 11.1. The van der Waals surface area contributed by atoms with Crippen LogP contribution in [0.2, 0.25) is 0 Å². The third-order valence-electron chi connectivity index (χ3n) is 3.56. The molecule has 2 aliphatic heterocycles. The Balaban J connectivity index is 1.68. The number of nitrogens with two attached hydrogens (primary N) is 2. The first-order chi connectivity index (χ1) is 8.57. The van der Waals surface area contributed by atoms with Crippen molar-refractivity contribution >= 4 is 6.21 Å². The molecule has 6 heteroatoms. The minimum atomic E-state index is -0.671. The molecule has 0 aromatic carbocycles. The van der Waals surface area contributed by atoms with Crippen molar-refractivity contribution in [3.8, 4) is 0 Å². The minimum Gasteiger partial charge on any atom is -0.396 e. The number of rotatable bonds is 4. The largest absolute Gasteiger partial charge is 0.396 e. The van der Waals surface area contributed by atoms with Gasteiger partial charge in [0.15, 0.2) is 5.79 Å². The number of nitrogens with one attached hydrogen (secondary N) is 1. The minimum absolute atomic E-state index is 0.621. The average molecular weight is 252 g/mol. The van der Waals surface area contributed by atoms with Crippen LogP contribution in [0.1, 0.15) is 12.8 Å². The summed E-state index contributed by atoms with van der Waals surface area (Å²) >= 11 is 0. The lowest BCUT2D eigenvalue weighted by molar-refractivity contribution is 0.148. The molecular weight excluding hydrogens is 228 g/mol. The molecule has 1 fully saturated rings. The molecule has 0 saturated carbocycles. The lowest BCUT2D eigenvalue weighted by Crippen LogP contribution is -2.52. The van der Waals surface area contributed by atoms with Gasteiger partial charge in [-0.05, 0) is 20.0 Å². The van der Waals surface area contributed by atoms with Gasteiger partial charge in [0.1, 0.15) is 0 Å². The summed E-state index contributed by atoms with van der Waals surface area (Å²) in [5, 5.41) is 3.06. The van der Waals surface area contributed by atoms with Crippen molar-refractivity contribution in [2.24, 2.45) is 16.5 Å². The molecule has 1 unspecified atom stereocenters. The molecule has 0 spiro atoms. The van der Waals surface area contributed by atoms with Crippen LogP contribution in [0.15, 0.2) is 16.9 Å². The summed E-state index contributed by atoms with van der Waals surface area (Å²) in [5.74, 6) is -0.671. The molecule has 2 aliphatic rings. The van der Waals surface area contributed by atoms with Crippen LogP contribution >= 0.6 is 0 Å². The van der Waals surface area contributed by atoms with E-state index in [-0.39, 0.29) is 0 Å². The highest BCUT2D eigenvalue weighted by Crippen LogP contribution is 2.12. The van der Waals surface area contributed by atoms with Crippen LogP contribution in [0.5, 0.6) is 0 Å². The van der Waals surface area contributed by atoms with Crippen molar-refractivity contribution in [1.29, 1.82) is 0 Å². The van der Waals surface area contributed by atoms with E-state index >= 15 is 0 Å². The molecule has 2 heterocycles. The molecule has 0 bridgehead atoms. The van der Waals surface area contributed by atoms with Crippen LogP contribution in [-0.4, -0.2) is 61.6 Å². The van der Waals surface area contributed by atoms with E-state index < -0.39 is 5.79 Å². The number of likely N-dealkylation sites (N-methyl/N-ethyl adjacent to an activating group) is 1. The maximum Gasteiger partial charge on any atom is 0.181 e. The topological polar surface area (TPSA) is 82.9 Å². The van der Waals surface area contributed by atoms with Gasteiger partial charge in [-0.1, -0.05) is 0 Å². The van der Waals surface area contributed by atoms with Crippen LogP contribution in [0, 0.1) is 0 Å². The molecule has 1 saturated heterocycles. The summed E-state index contributed by atoms with van der Waals surface area (Å²) in [4.78, 5) is 9.11. The monoisotopic (exact) mass is 252 g/mol. The van der Waals surface area contributed by atoms with E-state index in [1.165, 1.54) is 0 Å². The molecule has 0 aromatic rings. The maximum atomic E-state index is 6.12. The van der Waals surface area contributed by atoms with Gasteiger partial charge in [0, 0.05) is 45.0 Å². The molecule has 18 heavy (non-hydrogen) atoms. The molecule has 2 rings (SSSR count). The van der Waals surface area contributed by atoms with E-state index in [2.05, 4.69) is 27.2 Å². The molecule has 0 radical (unpaired) electrons. The van der Waals surface area contributed by atoms with Crippen molar-refractivity contribution < 1.29 is 0 Å². The fraction of sp³-hybridized carbons (Fsp3) is 0.750. The fourth-order valence-corrected chi connectivity index (χ4v) is 2.25. The van der Waals surface area contributed by atoms with E-state index in [1.54, 1.807) is 12.4 Å². The second-order valence-corrected chi connectivity index (χ2v) is 5.22. The summed E-state index contributed by atoms with van der Waals surface area (Å²) in [6.45, 7) is 5.70. The Morgan fingerprint density at radius 1 is 1.39 bits per heavy atom. The van der Waals surface area contributed by atoms with Gasteiger partial charge in [-0.2, -0.15) is 0 Å². The van der Waals surface area contributed by atoms with Gasteiger partial charge >= 0.3 is 0 Å². The lowest BCUT2D eigenvalue weighted by Gasteiger charge is -2.33. The molecule has 5 N–H and O–H groups in total. The van der Waals surface area contributed by atoms with Crippen molar-refractivity contribution in [3.05, 3.63) is 11.9 Å². The summed E-state index contributed by atoms with van der Waals surface area (Å²) in [7, 11) is 2.17. The molecule has 1 atom stereocenters.